The van der Waals surface area contributed by atoms with Crippen molar-refractivity contribution in [2.75, 3.05) is 0 Å². The summed E-state index contributed by atoms with van der Waals surface area (Å²) < 4.78 is 0. The van der Waals surface area contributed by atoms with Gasteiger partial charge in [-0.2, -0.15) is 0 Å². The van der Waals surface area contributed by atoms with E-state index in [2.05, 4.69) is 66.7 Å². The van der Waals surface area contributed by atoms with Gasteiger partial charge in [0.05, 0.1) is 0 Å². The summed E-state index contributed by atoms with van der Waals surface area (Å²) in [5.74, 6) is 1.66. The fourth-order valence-corrected chi connectivity index (χ4v) is 4.27. The van der Waals surface area contributed by atoms with Gasteiger partial charge in [-0.3, -0.25) is 0 Å². The smallest absolute Gasteiger partial charge is 0.00562 e. The first-order valence-electron chi connectivity index (χ1n) is 9.09. The second kappa shape index (κ2) is 5.63. The minimum atomic E-state index is 1.27. The van der Waals surface area contributed by atoms with Crippen LogP contribution in [0.3, 0.4) is 0 Å². The van der Waals surface area contributed by atoms with Crippen LogP contribution in [0.1, 0.15) is 37.7 Å². The molecule has 117 valence electrons. The molecule has 0 bridgehead atoms. The maximum Gasteiger partial charge on any atom is 0.00562 e. The second-order valence-corrected chi connectivity index (χ2v) is 7.09. The van der Waals surface area contributed by atoms with Gasteiger partial charge in [0.1, 0.15) is 0 Å². The molecule has 0 amide bonds. The van der Waals surface area contributed by atoms with Crippen molar-refractivity contribution in [2.45, 2.75) is 32.1 Å². The fraction of sp³-hybridized carbons (Fsp3) is 0.208. The molecule has 0 spiro atoms. The molecule has 0 aromatic heterocycles. The summed E-state index contributed by atoms with van der Waals surface area (Å²) in [4.78, 5) is 0. The quantitative estimate of drug-likeness (QED) is 0.331. The number of benzene rings is 4. The number of hydrogen-bond donors (Lipinski definition) is 0. The van der Waals surface area contributed by atoms with Crippen LogP contribution >= 0.6 is 0 Å². The van der Waals surface area contributed by atoms with Crippen LogP contribution < -0.4 is 0 Å². The van der Waals surface area contributed by atoms with Crippen LogP contribution in [-0.2, 0) is 0 Å². The third kappa shape index (κ3) is 2.29. The van der Waals surface area contributed by atoms with Crippen LogP contribution in [-0.4, -0.2) is 0 Å². The molecule has 4 aromatic carbocycles. The third-order valence-electron chi connectivity index (χ3n) is 5.54. The van der Waals surface area contributed by atoms with Crippen molar-refractivity contribution < 1.29 is 0 Å². The van der Waals surface area contributed by atoms with Crippen molar-refractivity contribution >= 4 is 32.3 Å². The van der Waals surface area contributed by atoms with Gasteiger partial charge in [0.25, 0.3) is 0 Å². The second-order valence-electron chi connectivity index (χ2n) is 7.09. The highest BCUT2D eigenvalue weighted by atomic mass is 14.2. The normalized spacial score (nSPS) is 16.2. The van der Waals surface area contributed by atoms with Crippen molar-refractivity contribution in [1.82, 2.24) is 0 Å². The molecule has 0 nitrogen and oxygen atoms in total. The molecule has 1 aliphatic carbocycles. The van der Waals surface area contributed by atoms with E-state index in [4.69, 9.17) is 0 Å². The third-order valence-corrected chi connectivity index (χ3v) is 5.54. The van der Waals surface area contributed by atoms with E-state index in [-0.39, 0.29) is 0 Å². The van der Waals surface area contributed by atoms with Gasteiger partial charge in [-0.1, -0.05) is 61.7 Å². The van der Waals surface area contributed by atoms with Crippen LogP contribution in [0.5, 0.6) is 0 Å². The minimum absolute atomic E-state index is 1.27. The maximum absolute atomic E-state index is 2.41. The Hall–Kier alpha value is -2.34. The molecular formula is C24H21. The van der Waals surface area contributed by atoms with E-state index in [1.165, 1.54) is 70.0 Å². The van der Waals surface area contributed by atoms with E-state index in [1.807, 2.05) is 0 Å². The van der Waals surface area contributed by atoms with E-state index in [0.29, 0.717) is 0 Å². The molecule has 1 fully saturated rings. The minimum Gasteiger partial charge on any atom is -0.0616 e. The van der Waals surface area contributed by atoms with Gasteiger partial charge in [-0.05, 0) is 75.0 Å². The van der Waals surface area contributed by atoms with Crippen LogP contribution in [0, 0.1) is 5.92 Å². The largest absolute Gasteiger partial charge is 0.0616 e. The molecule has 0 saturated heterocycles. The topological polar surface area (TPSA) is 0 Å². The Labute approximate surface area is 143 Å². The Bertz CT molecular complexity index is 1040. The van der Waals surface area contributed by atoms with Gasteiger partial charge in [0.2, 0.25) is 0 Å². The lowest BCUT2D eigenvalue weighted by Gasteiger charge is -2.23. The van der Waals surface area contributed by atoms with Crippen molar-refractivity contribution in [3.05, 3.63) is 78.2 Å². The van der Waals surface area contributed by atoms with Gasteiger partial charge in [-0.25, -0.2) is 0 Å². The van der Waals surface area contributed by atoms with Crippen molar-refractivity contribution in [3.8, 4) is 0 Å². The Morgan fingerprint density at radius 1 is 0.500 bits per heavy atom. The van der Waals surface area contributed by atoms with Crippen LogP contribution in [0.4, 0.5) is 0 Å². The zero-order valence-corrected chi connectivity index (χ0v) is 13.9. The van der Waals surface area contributed by atoms with E-state index >= 15 is 0 Å². The lowest BCUT2D eigenvalue weighted by Crippen LogP contribution is -2.05. The highest BCUT2D eigenvalue weighted by Crippen LogP contribution is 2.37. The molecule has 1 aliphatic rings. The predicted molar refractivity (Wildman–Crippen MR) is 104 cm³/mol. The molecule has 0 atom stereocenters. The summed E-state index contributed by atoms with van der Waals surface area (Å²) in [5.41, 5.74) is 1.49. The fourth-order valence-electron chi connectivity index (χ4n) is 4.27. The molecule has 0 N–H and O–H groups in total. The highest BCUT2D eigenvalue weighted by Gasteiger charge is 2.18. The Balaban J connectivity index is 1.77. The van der Waals surface area contributed by atoms with Gasteiger partial charge in [-0.15, -0.1) is 0 Å². The molecule has 5 rings (SSSR count). The van der Waals surface area contributed by atoms with Crippen LogP contribution in [0.15, 0.2) is 66.7 Å². The predicted octanol–water partition coefficient (Wildman–Crippen LogP) is 7.03. The highest BCUT2D eigenvalue weighted by molar-refractivity contribution is 6.05. The van der Waals surface area contributed by atoms with Gasteiger partial charge in [0.15, 0.2) is 0 Å². The zero-order valence-electron chi connectivity index (χ0n) is 13.9. The van der Waals surface area contributed by atoms with Crippen LogP contribution in [0.25, 0.3) is 32.3 Å². The van der Waals surface area contributed by atoms with Crippen LogP contribution in [0.2, 0.25) is 0 Å². The average molecular weight is 309 g/mol. The molecule has 0 aliphatic heterocycles. The first-order chi connectivity index (χ1) is 11.9. The summed E-state index contributed by atoms with van der Waals surface area (Å²) in [7, 11) is 0. The first kappa shape index (κ1) is 14.0. The van der Waals surface area contributed by atoms with Gasteiger partial charge >= 0.3 is 0 Å². The maximum atomic E-state index is 2.41. The van der Waals surface area contributed by atoms with E-state index < -0.39 is 0 Å². The standard InChI is InChI=1S/C24H21/c1-2-7-17(8-3-1)23-12-6-11-20-15-21-13-18-9-4-5-10-19(18)14-22(21)16-24(20)23/h4-6,9-16H,1-3,7-8H2. The monoisotopic (exact) mass is 309 g/mol. The summed E-state index contributed by atoms with van der Waals surface area (Å²) in [6.07, 6.45) is 6.64. The number of fused-ring (bicyclic) bond motifs is 3. The zero-order chi connectivity index (χ0) is 15.9. The number of rotatable bonds is 1. The lowest BCUT2D eigenvalue weighted by molar-refractivity contribution is 0.552. The average Bonchev–Trinajstić information content (AvgIpc) is 2.65. The van der Waals surface area contributed by atoms with Crippen molar-refractivity contribution in [2.24, 2.45) is 0 Å². The summed E-state index contributed by atoms with van der Waals surface area (Å²) >= 11 is 0. The first-order valence-corrected chi connectivity index (χ1v) is 9.09. The molecule has 0 heterocycles. The summed E-state index contributed by atoms with van der Waals surface area (Å²) in [6, 6.07) is 24.9. The van der Waals surface area contributed by atoms with E-state index in [9.17, 15) is 0 Å². The lowest BCUT2D eigenvalue weighted by atomic mass is 9.81. The van der Waals surface area contributed by atoms with Gasteiger partial charge < -0.3 is 0 Å². The Morgan fingerprint density at radius 2 is 1.12 bits per heavy atom. The van der Waals surface area contributed by atoms with E-state index in [0.717, 1.165) is 0 Å². The molecule has 0 heteroatoms. The molecule has 0 unspecified atom stereocenters. The molecule has 24 heavy (non-hydrogen) atoms. The Morgan fingerprint density at radius 3 is 1.88 bits per heavy atom. The number of hydrogen-bond acceptors (Lipinski definition) is 0. The Kier molecular flexibility index (Phi) is 3.29. The molecule has 1 radical (unpaired) electrons. The van der Waals surface area contributed by atoms with Gasteiger partial charge in [0, 0.05) is 5.92 Å². The SMILES string of the molecule is c1ccc2cc3cc4c([C]5CCCCC5)cccc4cc3cc2c1. The van der Waals surface area contributed by atoms with E-state index in [1.54, 1.807) is 5.92 Å². The summed E-state index contributed by atoms with van der Waals surface area (Å²) in [5, 5.41) is 8.14. The van der Waals surface area contributed by atoms with Crippen molar-refractivity contribution in [1.29, 1.82) is 0 Å². The molecule has 4 aromatic rings. The summed E-state index contributed by atoms with van der Waals surface area (Å²) in [6.45, 7) is 0. The van der Waals surface area contributed by atoms with Crippen molar-refractivity contribution in [3.63, 3.8) is 0 Å². The molecule has 1 saturated carbocycles. The molecular weight excluding hydrogens is 288 g/mol.